The van der Waals surface area contributed by atoms with Crippen molar-refractivity contribution >= 4 is 20.4 Å². The fourth-order valence-corrected chi connectivity index (χ4v) is 3.59. The number of amides is 1. The molecule has 1 saturated heterocycles. The van der Waals surface area contributed by atoms with E-state index in [0.717, 1.165) is 4.90 Å². The highest BCUT2D eigenvalue weighted by Crippen LogP contribution is 2.40. The van der Waals surface area contributed by atoms with Crippen LogP contribution in [-0.2, 0) is 18.7 Å². The quantitative estimate of drug-likeness (QED) is 0.619. The van der Waals surface area contributed by atoms with Crippen LogP contribution in [0.15, 0.2) is 0 Å². The maximum absolute atomic E-state index is 12.1. The summed E-state index contributed by atoms with van der Waals surface area (Å²) in [5.41, 5.74) is 0. The van der Waals surface area contributed by atoms with Gasteiger partial charge in [-0.2, -0.15) is 0 Å². The van der Waals surface area contributed by atoms with Gasteiger partial charge in [0.15, 0.2) is 14.5 Å². The van der Waals surface area contributed by atoms with Gasteiger partial charge in [-0.3, -0.25) is 4.90 Å². The zero-order chi connectivity index (χ0) is 18.0. The number of ether oxygens (including phenoxy) is 2. The van der Waals surface area contributed by atoms with E-state index in [-0.39, 0.29) is 18.1 Å². The molecular weight excluding hydrogens is 318 g/mol. The summed E-state index contributed by atoms with van der Waals surface area (Å²) in [6.45, 7) is 12.2. The number of aliphatic hydroxyl groups is 1. The van der Waals surface area contributed by atoms with E-state index in [1.54, 1.807) is 6.92 Å². The van der Waals surface area contributed by atoms with Crippen molar-refractivity contribution < 1.29 is 28.6 Å². The first-order valence-corrected chi connectivity index (χ1v) is 10.8. The highest BCUT2D eigenvalue weighted by molar-refractivity contribution is 6.74. The van der Waals surface area contributed by atoms with Gasteiger partial charge >= 0.3 is 12.1 Å². The molecule has 0 aromatic heterocycles. The second-order valence-corrected chi connectivity index (χ2v) is 12.0. The van der Waals surface area contributed by atoms with E-state index in [0.29, 0.717) is 0 Å². The average Bonchev–Trinajstić information content (AvgIpc) is 2.73. The summed E-state index contributed by atoms with van der Waals surface area (Å²) in [5, 5.41) is 10.5. The van der Waals surface area contributed by atoms with E-state index in [2.05, 4.69) is 33.9 Å². The lowest BCUT2D eigenvalue weighted by atomic mass is 10.2. The molecule has 0 bridgehead atoms. The van der Waals surface area contributed by atoms with Crippen molar-refractivity contribution in [3.63, 3.8) is 0 Å². The van der Waals surface area contributed by atoms with E-state index in [1.165, 1.54) is 7.11 Å². The maximum atomic E-state index is 12.1. The smallest absolute Gasteiger partial charge is 0.412 e. The van der Waals surface area contributed by atoms with Gasteiger partial charge in [0.1, 0.15) is 6.04 Å². The number of hydrogen-bond acceptors (Lipinski definition) is 6. The lowest BCUT2D eigenvalue weighted by Crippen LogP contribution is -2.49. The molecular formula is C15H29NO6Si. The number of likely N-dealkylation sites (tertiary alicyclic amines) is 1. The predicted octanol–water partition coefficient (Wildman–Crippen LogP) is 2.10. The summed E-state index contributed by atoms with van der Waals surface area (Å²) >= 11 is 0. The normalized spacial score (nSPS) is 25.4. The zero-order valence-electron chi connectivity index (χ0n) is 15.1. The predicted molar refractivity (Wildman–Crippen MR) is 87.4 cm³/mol. The Kier molecular flexibility index (Phi) is 6.23. The zero-order valence-corrected chi connectivity index (χ0v) is 16.1. The molecule has 1 unspecified atom stereocenters. The highest BCUT2D eigenvalue weighted by Gasteiger charge is 2.51. The van der Waals surface area contributed by atoms with Crippen LogP contribution in [0, 0.1) is 0 Å². The van der Waals surface area contributed by atoms with Crippen LogP contribution in [0.4, 0.5) is 4.79 Å². The van der Waals surface area contributed by atoms with Crippen molar-refractivity contribution in [3.05, 3.63) is 0 Å². The van der Waals surface area contributed by atoms with Crippen molar-refractivity contribution in [2.75, 3.05) is 13.7 Å². The number of aliphatic hydroxyl groups excluding tert-OH is 1. The van der Waals surface area contributed by atoms with Gasteiger partial charge in [0.05, 0.1) is 19.8 Å². The first kappa shape index (κ1) is 19.9. The number of methoxy groups -OCH3 is 1. The van der Waals surface area contributed by atoms with Crippen LogP contribution in [0.25, 0.3) is 0 Å². The van der Waals surface area contributed by atoms with Crippen LogP contribution in [0.2, 0.25) is 18.1 Å². The minimum Gasteiger partial charge on any atom is -0.467 e. The largest absolute Gasteiger partial charge is 0.467 e. The van der Waals surface area contributed by atoms with Crippen LogP contribution >= 0.6 is 0 Å². The molecule has 1 rings (SSSR count). The van der Waals surface area contributed by atoms with Crippen molar-refractivity contribution in [2.24, 2.45) is 0 Å². The van der Waals surface area contributed by atoms with Crippen molar-refractivity contribution in [3.8, 4) is 0 Å². The summed E-state index contributed by atoms with van der Waals surface area (Å²) in [6, 6.07) is -0.899. The van der Waals surface area contributed by atoms with Crippen molar-refractivity contribution in [2.45, 2.75) is 70.6 Å². The van der Waals surface area contributed by atoms with Gasteiger partial charge in [-0.15, -0.1) is 0 Å². The van der Waals surface area contributed by atoms with E-state index < -0.39 is 38.8 Å². The molecule has 1 aliphatic heterocycles. The van der Waals surface area contributed by atoms with Crippen LogP contribution in [-0.4, -0.2) is 62.5 Å². The average molecular weight is 347 g/mol. The minimum absolute atomic E-state index is 0.0508. The lowest BCUT2D eigenvalue weighted by molar-refractivity contribution is -0.147. The molecule has 23 heavy (non-hydrogen) atoms. The molecule has 0 aromatic rings. The third kappa shape index (κ3) is 4.24. The Morgan fingerprint density at radius 1 is 1.30 bits per heavy atom. The van der Waals surface area contributed by atoms with E-state index in [9.17, 15) is 14.7 Å². The second-order valence-electron chi connectivity index (χ2n) is 7.21. The molecule has 0 spiro atoms. The molecule has 1 N–H and O–H groups in total. The van der Waals surface area contributed by atoms with Crippen molar-refractivity contribution in [1.82, 2.24) is 4.90 Å². The lowest BCUT2D eigenvalue weighted by Gasteiger charge is -2.39. The van der Waals surface area contributed by atoms with Gasteiger partial charge in [0.25, 0.3) is 0 Å². The SMILES string of the molecule is CCOC(=O)N1C(O)[C@H](O[Si](C)(C)C(C)(C)C)C[C@H]1C(=O)OC. The molecule has 1 amide bonds. The number of carbonyl (C=O) groups is 2. The molecule has 8 heteroatoms. The molecule has 1 fully saturated rings. The minimum atomic E-state index is -2.16. The van der Waals surface area contributed by atoms with Gasteiger partial charge in [-0.1, -0.05) is 20.8 Å². The molecule has 1 heterocycles. The van der Waals surface area contributed by atoms with E-state index in [1.807, 2.05) is 0 Å². The number of hydrogen-bond donors (Lipinski definition) is 1. The second kappa shape index (κ2) is 7.19. The molecule has 1 aliphatic rings. The topological polar surface area (TPSA) is 85.3 Å². The molecule has 134 valence electrons. The summed E-state index contributed by atoms with van der Waals surface area (Å²) in [7, 11) is -0.910. The van der Waals surface area contributed by atoms with Gasteiger partial charge in [0.2, 0.25) is 0 Å². The highest BCUT2D eigenvalue weighted by atomic mass is 28.4. The number of nitrogens with zero attached hydrogens (tertiary/aromatic N) is 1. The first-order chi connectivity index (χ1) is 10.5. The summed E-state index contributed by atoms with van der Waals surface area (Å²) < 4.78 is 15.9. The van der Waals surface area contributed by atoms with E-state index >= 15 is 0 Å². The molecule has 0 aromatic carbocycles. The van der Waals surface area contributed by atoms with Crippen LogP contribution < -0.4 is 0 Å². The third-order valence-corrected chi connectivity index (χ3v) is 9.12. The summed E-state index contributed by atoms with van der Waals surface area (Å²) in [4.78, 5) is 25.1. The monoisotopic (exact) mass is 347 g/mol. The summed E-state index contributed by atoms with van der Waals surface area (Å²) in [6.07, 6.45) is -2.41. The Morgan fingerprint density at radius 2 is 1.87 bits per heavy atom. The molecule has 3 atom stereocenters. The Labute approximate surface area is 139 Å². The maximum Gasteiger partial charge on any atom is 0.412 e. The Morgan fingerprint density at radius 3 is 2.30 bits per heavy atom. The fourth-order valence-electron chi connectivity index (χ4n) is 2.26. The number of carbonyl (C=O) groups excluding carboxylic acids is 2. The van der Waals surface area contributed by atoms with Crippen LogP contribution in [0.3, 0.4) is 0 Å². The third-order valence-electron chi connectivity index (χ3n) is 4.61. The number of esters is 1. The molecule has 7 nitrogen and oxygen atoms in total. The standard InChI is InChI=1S/C15H29NO6Si/c1-8-21-14(19)16-10(13(18)20-5)9-11(12(16)17)22-23(6,7)15(2,3)4/h10-12,17H,8-9H2,1-7H3/t10-,11+,12?/m0/s1. The van der Waals surface area contributed by atoms with Gasteiger partial charge in [-0.25, -0.2) is 9.59 Å². The molecule has 0 saturated carbocycles. The Bertz CT molecular complexity index is 448. The molecule has 0 aliphatic carbocycles. The van der Waals surface area contributed by atoms with Gasteiger partial charge in [-0.05, 0) is 25.1 Å². The van der Waals surface area contributed by atoms with Gasteiger partial charge < -0.3 is 19.0 Å². The Hall–Kier alpha value is -1.12. The number of rotatable bonds is 4. The first-order valence-electron chi connectivity index (χ1n) is 7.85. The van der Waals surface area contributed by atoms with E-state index in [4.69, 9.17) is 13.9 Å². The summed E-state index contributed by atoms with van der Waals surface area (Å²) in [5.74, 6) is -0.585. The van der Waals surface area contributed by atoms with Crippen LogP contribution in [0.1, 0.15) is 34.1 Å². The Balaban J connectivity index is 3.01. The van der Waals surface area contributed by atoms with Crippen LogP contribution in [0.5, 0.6) is 0 Å². The van der Waals surface area contributed by atoms with Gasteiger partial charge in [0, 0.05) is 6.42 Å². The fraction of sp³-hybridized carbons (Fsp3) is 0.867. The van der Waals surface area contributed by atoms with Crippen molar-refractivity contribution in [1.29, 1.82) is 0 Å². The molecule has 0 radical (unpaired) electrons.